The first kappa shape index (κ1) is 13.1. The summed E-state index contributed by atoms with van der Waals surface area (Å²) in [6.45, 7) is 0.234. The monoisotopic (exact) mass is 267 g/mol. The lowest BCUT2D eigenvalue weighted by Gasteiger charge is -2.19. The maximum Gasteiger partial charge on any atom is 0.296 e. The minimum atomic E-state index is -0.526. The maximum atomic E-state index is 11.2. The summed E-state index contributed by atoms with van der Waals surface area (Å²) < 4.78 is 5.12. The van der Waals surface area contributed by atoms with E-state index in [4.69, 9.17) is 9.84 Å². The molecule has 1 aromatic carbocycles. The van der Waals surface area contributed by atoms with Crippen molar-refractivity contribution in [3.05, 3.63) is 22.2 Å². The van der Waals surface area contributed by atoms with E-state index in [9.17, 15) is 14.9 Å². The second-order valence-electron chi connectivity index (χ2n) is 3.96. The molecule has 1 aliphatic heterocycles. The van der Waals surface area contributed by atoms with Crippen LogP contribution >= 0.6 is 0 Å². The highest BCUT2D eigenvalue weighted by atomic mass is 16.6. The average Bonchev–Trinajstić information content (AvgIpc) is 2.37. The smallest absolute Gasteiger partial charge is 0.296 e. The van der Waals surface area contributed by atoms with E-state index in [1.807, 2.05) is 0 Å². The lowest BCUT2D eigenvalue weighted by Crippen LogP contribution is -2.25. The van der Waals surface area contributed by atoms with Crippen LogP contribution in [0.1, 0.15) is 6.42 Å². The first-order valence-electron chi connectivity index (χ1n) is 5.71. The van der Waals surface area contributed by atoms with Crippen LogP contribution in [0, 0.1) is 10.1 Å². The quantitative estimate of drug-likeness (QED) is 0.411. The Bertz CT molecular complexity index is 517. The number of fused-ring (bicyclic) bond motifs is 1. The SMILES string of the molecule is O=C1COc2cc([N+](=O)[O-])c(NCCCO)cc2N1. The van der Waals surface area contributed by atoms with E-state index in [0.717, 1.165) is 0 Å². The summed E-state index contributed by atoms with van der Waals surface area (Å²) in [5.74, 6) is -0.0262. The number of hydrogen-bond acceptors (Lipinski definition) is 6. The van der Waals surface area contributed by atoms with Gasteiger partial charge in [-0.15, -0.1) is 0 Å². The zero-order chi connectivity index (χ0) is 13.8. The number of rotatable bonds is 5. The summed E-state index contributed by atoms with van der Waals surface area (Å²) in [5.41, 5.74) is 0.546. The molecule has 0 radical (unpaired) electrons. The molecule has 0 saturated carbocycles. The molecule has 102 valence electrons. The number of nitrogens with zero attached hydrogens (tertiary/aromatic N) is 1. The Balaban J connectivity index is 2.31. The largest absolute Gasteiger partial charge is 0.481 e. The Kier molecular flexibility index (Phi) is 3.81. The normalized spacial score (nSPS) is 13.2. The predicted octanol–water partition coefficient (Wildman–Crippen LogP) is 0.720. The Hall–Kier alpha value is -2.35. The Morgan fingerprint density at radius 2 is 2.32 bits per heavy atom. The topological polar surface area (TPSA) is 114 Å². The summed E-state index contributed by atoms with van der Waals surface area (Å²) >= 11 is 0. The lowest BCUT2D eigenvalue weighted by atomic mass is 10.2. The van der Waals surface area contributed by atoms with Crippen molar-refractivity contribution >= 4 is 23.0 Å². The molecule has 2 rings (SSSR count). The third-order valence-corrected chi connectivity index (χ3v) is 2.58. The summed E-state index contributed by atoms with van der Waals surface area (Å²) in [6, 6.07) is 2.73. The molecule has 1 amide bonds. The number of ether oxygens (including phenoxy) is 1. The van der Waals surface area contributed by atoms with Gasteiger partial charge in [0.1, 0.15) is 5.69 Å². The average molecular weight is 267 g/mol. The third kappa shape index (κ3) is 2.91. The van der Waals surface area contributed by atoms with Crippen LogP contribution in [-0.4, -0.2) is 35.7 Å². The molecule has 1 aromatic rings. The van der Waals surface area contributed by atoms with Gasteiger partial charge in [-0.3, -0.25) is 14.9 Å². The van der Waals surface area contributed by atoms with Crippen molar-refractivity contribution in [2.24, 2.45) is 0 Å². The molecular weight excluding hydrogens is 254 g/mol. The summed E-state index contributed by atoms with van der Waals surface area (Å²) in [4.78, 5) is 21.6. The van der Waals surface area contributed by atoms with Gasteiger partial charge >= 0.3 is 0 Å². The van der Waals surface area contributed by atoms with Gasteiger partial charge in [-0.2, -0.15) is 0 Å². The summed E-state index contributed by atoms with van der Waals surface area (Å²) in [7, 11) is 0. The van der Waals surface area contributed by atoms with Crippen LogP contribution in [-0.2, 0) is 4.79 Å². The molecule has 19 heavy (non-hydrogen) atoms. The molecule has 1 heterocycles. The van der Waals surface area contributed by atoms with Gasteiger partial charge < -0.3 is 20.5 Å². The minimum absolute atomic E-state index is 0.00835. The van der Waals surface area contributed by atoms with E-state index >= 15 is 0 Å². The van der Waals surface area contributed by atoms with Gasteiger partial charge in [0.25, 0.3) is 11.6 Å². The van der Waals surface area contributed by atoms with Gasteiger partial charge in [0.2, 0.25) is 0 Å². The number of aliphatic hydroxyl groups is 1. The number of hydrogen-bond donors (Lipinski definition) is 3. The van der Waals surface area contributed by atoms with Crippen LogP contribution in [0.2, 0.25) is 0 Å². The Morgan fingerprint density at radius 1 is 1.53 bits per heavy atom. The van der Waals surface area contributed by atoms with Gasteiger partial charge in [-0.25, -0.2) is 0 Å². The van der Waals surface area contributed by atoms with Gasteiger partial charge in [0.15, 0.2) is 12.4 Å². The number of amides is 1. The zero-order valence-corrected chi connectivity index (χ0v) is 10.0. The fourth-order valence-electron chi connectivity index (χ4n) is 1.71. The molecule has 0 aliphatic carbocycles. The van der Waals surface area contributed by atoms with E-state index < -0.39 is 4.92 Å². The molecule has 8 nitrogen and oxygen atoms in total. The molecule has 8 heteroatoms. The number of nitro groups is 1. The molecule has 0 fully saturated rings. The van der Waals surface area contributed by atoms with Crippen molar-refractivity contribution in [1.82, 2.24) is 0 Å². The van der Waals surface area contributed by atoms with Crippen molar-refractivity contribution in [3.63, 3.8) is 0 Å². The van der Waals surface area contributed by atoms with Crippen molar-refractivity contribution < 1.29 is 19.6 Å². The molecule has 0 bridgehead atoms. The molecule has 1 aliphatic rings. The molecule has 0 spiro atoms. The molecule has 0 aromatic heterocycles. The number of aliphatic hydroxyl groups excluding tert-OH is 1. The molecule has 0 atom stereocenters. The van der Waals surface area contributed by atoms with Crippen molar-refractivity contribution in [3.8, 4) is 5.75 Å². The third-order valence-electron chi connectivity index (χ3n) is 2.58. The van der Waals surface area contributed by atoms with E-state index in [2.05, 4.69) is 10.6 Å². The number of carbonyl (C=O) groups excluding carboxylic acids is 1. The van der Waals surface area contributed by atoms with Crippen molar-refractivity contribution in [2.75, 3.05) is 30.4 Å². The summed E-state index contributed by atoms with van der Waals surface area (Å²) in [6.07, 6.45) is 0.469. The highest BCUT2D eigenvalue weighted by Crippen LogP contribution is 2.37. The van der Waals surface area contributed by atoms with Crippen LogP contribution < -0.4 is 15.4 Å². The highest BCUT2D eigenvalue weighted by molar-refractivity contribution is 5.96. The fourth-order valence-corrected chi connectivity index (χ4v) is 1.71. The standard InChI is InChI=1S/C11H13N3O5/c15-3-1-2-12-7-4-8-10(5-9(7)14(17)18)19-6-11(16)13-8/h4-5,12,15H,1-3,6H2,(H,13,16). The molecule has 3 N–H and O–H groups in total. The first-order chi connectivity index (χ1) is 9.11. The second kappa shape index (κ2) is 5.53. The zero-order valence-electron chi connectivity index (χ0n) is 10.0. The lowest BCUT2D eigenvalue weighted by molar-refractivity contribution is -0.384. The first-order valence-corrected chi connectivity index (χ1v) is 5.71. The van der Waals surface area contributed by atoms with E-state index in [1.165, 1.54) is 12.1 Å². The van der Waals surface area contributed by atoms with Crippen LogP contribution in [0.5, 0.6) is 5.75 Å². The van der Waals surface area contributed by atoms with Crippen LogP contribution in [0.3, 0.4) is 0 Å². The number of nitro benzene ring substituents is 1. The van der Waals surface area contributed by atoms with E-state index in [0.29, 0.717) is 18.7 Å². The van der Waals surface area contributed by atoms with E-state index in [1.54, 1.807) is 0 Å². The fraction of sp³-hybridized carbons (Fsp3) is 0.364. The van der Waals surface area contributed by atoms with Crippen LogP contribution in [0.4, 0.5) is 17.1 Å². The molecular formula is C11H13N3O5. The molecule has 0 saturated heterocycles. The van der Waals surface area contributed by atoms with Crippen LogP contribution in [0.15, 0.2) is 12.1 Å². The maximum absolute atomic E-state index is 11.2. The van der Waals surface area contributed by atoms with Gasteiger partial charge in [-0.1, -0.05) is 0 Å². The minimum Gasteiger partial charge on any atom is -0.481 e. The highest BCUT2D eigenvalue weighted by Gasteiger charge is 2.23. The van der Waals surface area contributed by atoms with Gasteiger partial charge in [0, 0.05) is 13.2 Å². The Labute approximate surface area is 108 Å². The van der Waals surface area contributed by atoms with E-state index in [-0.39, 0.29) is 36.2 Å². The van der Waals surface area contributed by atoms with Gasteiger partial charge in [-0.05, 0) is 12.5 Å². The number of anilines is 2. The second-order valence-corrected chi connectivity index (χ2v) is 3.96. The Morgan fingerprint density at radius 3 is 3.00 bits per heavy atom. The van der Waals surface area contributed by atoms with Crippen molar-refractivity contribution in [1.29, 1.82) is 0 Å². The van der Waals surface area contributed by atoms with Gasteiger partial charge in [0.05, 0.1) is 16.7 Å². The van der Waals surface area contributed by atoms with Crippen LogP contribution in [0.25, 0.3) is 0 Å². The molecule has 0 unspecified atom stereocenters. The number of carbonyl (C=O) groups is 1. The number of benzene rings is 1. The number of nitrogens with one attached hydrogen (secondary N) is 2. The predicted molar refractivity (Wildman–Crippen MR) is 67.4 cm³/mol. The summed E-state index contributed by atoms with van der Waals surface area (Å²) in [5, 5.41) is 25.1. The van der Waals surface area contributed by atoms with Crippen molar-refractivity contribution in [2.45, 2.75) is 6.42 Å².